The monoisotopic (exact) mass is 678 g/mol. The third kappa shape index (κ3) is 7.39. The summed E-state index contributed by atoms with van der Waals surface area (Å²) in [6, 6.07) is 13.4. The Balaban J connectivity index is 1.53. The number of nitrogens with one attached hydrogen (secondary N) is 2. The topological polar surface area (TPSA) is 151 Å². The van der Waals surface area contributed by atoms with E-state index in [0.717, 1.165) is 11.3 Å². The van der Waals surface area contributed by atoms with Crippen molar-refractivity contribution < 1.29 is 32.3 Å². The van der Waals surface area contributed by atoms with Crippen molar-refractivity contribution in [1.82, 2.24) is 10.6 Å². The van der Waals surface area contributed by atoms with Crippen LogP contribution in [-0.2, 0) is 19.4 Å². The van der Waals surface area contributed by atoms with Crippen LogP contribution in [0.15, 0.2) is 70.7 Å². The number of hydrogen-bond acceptors (Lipinski definition) is 8. The minimum absolute atomic E-state index is 0.0327. The molecule has 2 N–H and O–H groups in total. The van der Waals surface area contributed by atoms with E-state index in [4.69, 9.17) is 39.5 Å². The molecular formula is C29H25Cl3N4O7S. The van der Waals surface area contributed by atoms with Gasteiger partial charge in [-0.25, -0.2) is 8.42 Å². The predicted molar refractivity (Wildman–Crippen MR) is 166 cm³/mol. The Hall–Kier alpha value is -3.97. The SMILES string of the molecule is CC(C)(C)C(=O)NC1=NN(c2c(Cl)cc(Cl)cc2Cl)C(=O)C1Oc1ccc(C(=O)NC(=O)c2ccc(S(C)(=O)=O)cc2)cc1. The molecule has 230 valence electrons. The second kappa shape index (κ2) is 12.6. The molecule has 1 heterocycles. The predicted octanol–water partition coefficient (Wildman–Crippen LogP) is 4.89. The minimum Gasteiger partial charge on any atom is -0.472 e. The van der Waals surface area contributed by atoms with Crippen molar-refractivity contribution in [1.29, 1.82) is 0 Å². The van der Waals surface area contributed by atoms with Crippen molar-refractivity contribution in [2.45, 2.75) is 31.8 Å². The molecule has 4 rings (SSSR count). The molecule has 1 aliphatic heterocycles. The fourth-order valence-corrected chi connectivity index (χ4v) is 5.36. The number of benzene rings is 3. The van der Waals surface area contributed by atoms with E-state index in [2.05, 4.69) is 15.7 Å². The Morgan fingerprint density at radius 2 is 1.39 bits per heavy atom. The zero-order chi connectivity index (χ0) is 32.6. The average Bonchev–Trinajstić information content (AvgIpc) is 3.21. The van der Waals surface area contributed by atoms with Crippen molar-refractivity contribution in [3.63, 3.8) is 0 Å². The molecule has 0 bridgehead atoms. The molecule has 0 aromatic heterocycles. The van der Waals surface area contributed by atoms with Gasteiger partial charge in [0.05, 0.1) is 14.9 Å². The van der Waals surface area contributed by atoms with Crippen LogP contribution in [0.4, 0.5) is 5.69 Å². The molecule has 15 heteroatoms. The molecule has 0 aliphatic carbocycles. The Labute approximate surface area is 268 Å². The Morgan fingerprint density at radius 1 is 0.886 bits per heavy atom. The molecular weight excluding hydrogens is 655 g/mol. The summed E-state index contributed by atoms with van der Waals surface area (Å²) < 4.78 is 29.2. The van der Waals surface area contributed by atoms with Crippen molar-refractivity contribution in [2.75, 3.05) is 11.3 Å². The fourth-order valence-electron chi connectivity index (χ4n) is 3.76. The van der Waals surface area contributed by atoms with E-state index < -0.39 is 45.0 Å². The summed E-state index contributed by atoms with van der Waals surface area (Å²) in [6.07, 6.45) is -0.377. The highest BCUT2D eigenvalue weighted by molar-refractivity contribution is 7.90. The van der Waals surface area contributed by atoms with Gasteiger partial charge in [-0.2, -0.15) is 5.01 Å². The molecule has 0 radical (unpaired) electrons. The van der Waals surface area contributed by atoms with Crippen LogP contribution in [0.1, 0.15) is 41.5 Å². The summed E-state index contributed by atoms with van der Waals surface area (Å²) in [6.45, 7) is 5.04. The molecule has 3 aromatic rings. The second-order valence-corrected chi connectivity index (χ2v) is 13.9. The number of rotatable bonds is 6. The van der Waals surface area contributed by atoms with Gasteiger partial charge in [0.15, 0.2) is 15.7 Å². The molecule has 3 aromatic carbocycles. The molecule has 4 amide bonds. The standard InChI is InChI=1S/C29H25Cl3N4O7S/c1-29(2,3)28(40)33-24-23(27(39)36(35-24)22-20(31)13-17(30)14-21(22)32)43-18-9-5-15(6-10-18)25(37)34-26(38)16-7-11-19(12-8-16)44(4,41)42/h5-14,23H,1-4H3,(H,33,35,40)(H,34,37,38). The van der Waals surface area contributed by atoms with Crippen LogP contribution in [0.2, 0.25) is 15.1 Å². The van der Waals surface area contributed by atoms with E-state index in [0.29, 0.717) is 0 Å². The number of anilines is 1. The number of imide groups is 1. The quantitative estimate of drug-likeness (QED) is 0.352. The van der Waals surface area contributed by atoms with E-state index in [1.165, 1.54) is 60.7 Å². The summed E-state index contributed by atoms with van der Waals surface area (Å²) in [5.74, 6) is -2.60. The second-order valence-electron chi connectivity index (χ2n) is 10.7. The van der Waals surface area contributed by atoms with Gasteiger partial charge in [-0.1, -0.05) is 55.6 Å². The average molecular weight is 680 g/mol. The van der Waals surface area contributed by atoms with Crippen LogP contribution in [-0.4, -0.2) is 50.2 Å². The molecule has 0 spiro atoms. The first-order valence-corrected chi connectivity index (χ1v) is 15.8. The molecule has 1 atom stereocenters. The smallest absolute Gasteiger partial charge is 0.296 e. The van der Waals surface area contributed by atoms with Crippen molar-refractivity contribution in [3.05, 3.63) is 86.9 Å². The summed E-state index contributed by atoms with van der Waals surface area (Å²) in [4.78, 5) is 51.5. The van der Waals surface area contributed by atoms with Gasteiger partial charge in [-0.05, 0) is 60.7 Å². The van der Waals surface area contributed by atoms with Crippen LogP contribution in [0.5, 0.6) is 5.75 Å². The number of nitrogens with zero attached hydrogens (tertiary/aromatic N) is 2. The number of carbonyl (C=O) groups is 4. The van der Waals surface area contributed by atoms with Gasteiger partial charge >= 0.3 is 0 Å². The van der Waals surface area contributed by atoms with Gasteiger partial charge < -0.3 is 10.1 Å². The maximum atomic E-state index is 13.5. The third-order valence-corrected chi connectivity index (χ3v) is 8.07. The number of hydrogen-bond donors (Lipinski definition) is 2. The first-order chi connectivity index (χ1) is 20.5. The zero-order valence-corrected chi connectivity index (χ0v) is 26.7. The number of halogens is 3. The van der Waals surface area contributed by atoms with Gasteiger partial charge in [0.25, 0.3) is 17.7 Å². The maximum Gasteiger partial charge on any atom is 0.296 e. The Morgan fingerprint density at radius 3 is 1.86 bits per heavy atom. The first-order valence-electron chi connectivity index (χ1n) is 12.8. The maximum absolute atomic E-state index is 13.5. The van der Waals surface area contributed by atoms with Gasteiger partial charge in [0.2, 0.25) is 12.0 Å². The van der Waals surface area contributed by atoms with Gasteiger partial charge in [0, 0.05) is 27.8 Å². The largest absolute Gasteiger partial charge is 0.472 e. The number of sulfone groups is 1. The first kappa shape index (κ1) is 32.9. The highest BCUT2D eigenvalue weighted by Crippen LogP contribution is 2.38. The number of ether oxygens (including phenoxy) is 1. The third-order valence-electron chi connectivity index (χ3n) is 6.15. The highest BCUT2D eigenvalue weighted by Gasteiger charge is 2.42. The molecule has 0 fully saturated rings. The molecule has 1 aliphatic rings. The van der Waals surface area contributed by atoms with Gasteiger partial charge in [0.1, 0.15) is 11.4 Å². The van der Waals surface area contributed by atoms with Crippen LogP contribution in [0, 0.1) is 5.41 Å². The lowest BCUT2D eigenvalue weighted by atomic mass is 9.95. The number of amides is 4. The van der Waals surface area contributed by atoms with Crippen molar-refractivity contribution in [2.24, 2.45) is 10.5 Å². The fraction of sp³-hybridized carbons (Fsp3) is 0.207. The van der Waals surface area contributed by atoms with E-state index in [1.54, 1.807) is 20.8 Å². The number of hydrazone groups is 1. The summed E-state index contributed by atoms with van der Waals surface area (Å²) >= 11 is 18.6. The summed E-state index contributed by atoms with van der Waals surface area (Å²) in [5.41, 5.74) is -0.618. The van der Waals surface area contributed by atoms with Gasteiger partial charge in [-0.3, -0.25) is 24.5 Å². The number of carbonyl (C=O) groups excluding carboxylic acids is 4. The van der Waals surface area contributed by atoms with E-state index in [-0.39, 0.29) is 48.4 Å². The van der Waals surface area contributed by atoms with Crippen LogP contribution < -0.4 is 20.4 Å². The molecule has 0 saturated carbocycles. The van der Waals surface area contributed by atoms with Crippen LogP contribution in [0.3, 0.4) is 0 Å². The molecule has 1 unspecified atom stereocenters. The van der Waals surface area contributed by atoms with E-state index in [9.17, 15) is 27.6 Å². The van der Waals surface area contributed by atoms with E-state index >= 15 is 0 Å². The summed E-state index contributed by atoms with van der Waals surface area (Å²) in [7, 11) is -3.45. The Kier molecular flexibility index (Phi) is 9.40. The van der Waals surface area contributed by atoms with Crippen LogP contribution >= 0.6 is 34.8 Å². The lowest BCUT2D eigenvalue weighted by molar-refractivity contribution is -0.127. The van der Waals surface area contributed by atoms with Crippen LogP contribution in [0.25, 0.3) is 0 Å². The zero-order valence-electron chi connectivity index (χ0n) is 23.6. The normalized spacial score (nSPS) is 15.1. The highest BCUT2D eigenvalue weighted by atomic mass is 35.5. The van der Waals surface area contributed by atoms with Gasteiger partial charge in [-0.15, -0.1) is 5.10 Å². The number of amidine groups is 1. The lowest BCUT2D eigenvalue weighted by Crippen LogP contribution is -2.47. The van der Waals surface area contributed by atoms with E-state index in [1.807, 2.05) is 0 Å². The Bertz CT molecular complexity index is 1780. The molecule has 44 heavy (non-hydrogen) atoms. The van der Waals surface area contributed by atoms with Crippen molar-refractivity contribution in [3.8, 4) is 5.75 Å². The lowest BCUT2D eigenvalue weighted by Gasteiger charge is -2.20. The van der Waals surface area contributed by atoms with Crippen molar-refractivity contribution >= 4 is 79.8 Å². The minimum atomic E-state index is -3.45. The molecule has 11 nitrogen and oxygen atoms in total. The summed E-state index contributed by atoms with van der Waals surface area (Å²) in [5, 5.41) is 10.3. The molecule has 0 saturated heterocycles.